The summed E-state index contributed by atoms with van der Waals surface area (Å²) < 4.78 is 12.6. The van der Waals surface area contributed by atoms with Gasteiger partial charge in [0.05, 0.1) is 0 Å². The summed E-state index contributed by atoms with van der Waals surface area (Å²) in [4.78, 5) is 11.3. The molecule has 0 aliphatic rings. The molecule has 0 saturated heterocycles. The van der Waals surface area contributed by atoms with Gasteiger partial charge in [0.2, 0.25) is 5.91 Å². The zero-order chi connectivity index (χ0) is 11.3. The Balaban J connectivity index is 0.00000225. The summed E-state index contributed by atoms with van der Waals surface area (Å²) in [5, 5.41) is 2.73. The highest BCUT2D eigenvalue weighted by Gasteiger charge is 2.09. The van der Waals surface area contributed by atoms with Gasteiger partial charge in [-0.2, -0.15) is 0 Å². The number of hydrogen-bond acceptors (Lipinski definition) is 2. The minimum Gasteiger partial charge on any atom is -0.352 e. The van der Waals surface area contributed by atoms with Gasteiger partial charge in [-0.25, -0.2) is 4.39 Å². The summed E-state index contributed by atoms with van der Waals surface area (Å²) in [5.41, 5.74) is 6.22. The number of halogens is 2. The molecule has 1 aromatic carbocycles. The minimum atomic E-state index is -0.277. The average molecular weight is 247 g/mol. The number of amides is 1. The van der Waals surface area contributed by atoms with Crippen molar-refractivity contribution in [3.05, 3.63) is 35.6 Å². The molecule has 0 spiro atoms. The first-order chi connectivity index (χ1) is 7.13. The standard InChI is InChI=1S/C11H15FN2O.ClH/c1-8(6-13)11(15)14-7-9-2-4-10(12)5-3-9;/h2-5,8H,6-7,13H2,1H3,(H,14,15);1H. The van der Waals surface area contributed by atoms with E-state index in [0.29, 0.717) is 13.1 Å². The number of carbonyl (C=O) groups excluding carboxylic acids is 1. The number of nitrogens with one attached hydrogen (secondary N) is 1. The summed E-state index contributed by atoms with van der Waals surface area (Å²) in [6.45, 7) is 2.50. The largest absolute Gasteiger partial charge is 0.352 e. The molecule has 1 rings (SSSR count). The van der Waals surface area contributed by atoms with Crippen LogP contribution in [0.25, 0.3) is 0 Å². The van der Waals surface area contributed by atoms with Crippen molar-refractivity contribution in [2.75, 3.05) is 6.54 Å². The van der Waals surface area contributed by atoms with E-state index in [4.69, 9.17) is 5.73 Å². The van der Waals surface area contributed by atoms with Gasteiger partial charge >= 0.3 is 0 Å². The third-order valence-electron chi connectivity index (χ3n) is 2.18. The third kappa shape index (κ3) is 4.59. The van der Waals surface area contributed by atoms with Crippen molar-refractivity contribution >= 4 is 18.3 Å². The molecule has 5 heteroatoms. The van der Waals surface area contributed by atoms with E-state index in [1.807, 2.05) is 0 Å². The van der Waals surface area contributed by atoms with Crippen LogP contribution in [0.1, 0.15) is 12.5 Å². The monoisotopic (exact) mass is 246 g/mol. The van der Waals surface area contributed by atoms with Gasteiger partial charge in [0.15, 0.2) is 0 Å². The summed E-state index contributed by atoms with van der Waals surface area (Å²) in [6, 6.07) is 6.02. The molecule has 3 nitrogen and oxygen atoms in total. The average Bonchev–Trinajstić information content (AvgIpc) is 2.26. The Morgan fingerprint density at radius 3 is 2.50 bits per heavy atom. The summed E-state index contributed by atoms with van der Waals surface area (Å²) in [6.07, 6.45) is 0. The number of nitrogens with two attached hydrogens (primary N) is 1. The maximum Gasteiger partial charge on any atom is 0.224 e. The van der Waals surface area contributed by atoms with Gasteiger partial charge in [0.25, 0.3) is 0 Å². The second kappa shape index (κ2) is 7.19. The van der Waals surface area contributed by atoms with Gasteiger partial charge in [-0.15, -0.1) is 12.4 Å². The fourth-order valence-corrected chi connectivity index (χ4v) is 1.07. The molecule has 0 saturated carbocycles. The Hall–Kier alpha value is -1.13. The fraction of sp³-hybridized carbons (Fsp3) is 0.364. The van der Waals surface area contributed by atoms with E-state index in [-0.39, 0.29) is 30.0 Å². The lowest BCUT2D eigenvalue weighted by atomic mass is 10.1. The minimum absolute atomic E-state index is 0. The van der Waals surface area contributed by atoms with Gasteiger partial charge in [-0.3, -0.25) is 4.79 Å². The molecule has 16 heavy (non-hydrogen) atoms. The lowest BCUT2D eigenvalue weighted by molar-refractivity contribution is -0.124. The van der Waals surface area contributed by atoms with Crippen LogP contribution in [-0.2, 0) is 11.3 Å². The van der Waals surface area contributed by atoms with Gasteiger partial charge in [-0.05, 0) is 17.7 Å². The first-order valence-electron chi connectivity index (χ1n) is 4.85. The van der Waals surface area contributed by atoms with Crippen LogP contribution >= 0.6 is 12.4 Å². The maximum absolute atomic E-state index is 12.6. The molecule has 1 amide bonds. The Kier molecular flexibility index (Phi) is 6.69. The van der Waals surface area contributed by atoms with Crippen LogP contribution in [0, 0.1) is 11.7 Å². The van der Waals surface area contributed by atoms with E-state index < -0.39 is 0 Å². The van der Waals surface area contributed by atoms with E-state index in [1.54, 1.807) is 19.1 Å². The Morgan fingerprint density at radius 2 is 2.00 bits per heavy atom. The molecule has 0 fully saturated rings. The Morgan fingerprint density at radius 1 is 1.44 bits per heavy atom. The molecule has 3 N–H and O–H groups in total. The van der Waals surface area contributed by atoms with Crippen LogP contribution in [0.3, 0.4) is 0 Å². The van der Waals surface area contributed by atoms with Gasteiger partial charge in [0, 0.05) is 19.0 Å². The van der Waals surface area contributed by atoms with Crippen LogP contribution < -0.4 is 11.1 Å². The van der Waals surface area contributed by atoms with Crippen LogP contribution in [-0.4, -0.2) is 12.5 Å². The van der Waals surface area contributed by atoms with E-state index in [0.717, 1.165) is 5.56 Å². The first kappa shape index (κ1) is 14.9. The quantitative estimate of drug-likeness (QED) is 0.845. The maximum atomic E-state index is 12.6. The van der Waals surface area contributed by atoms with E-state index >= 15 is 0 Å². The number of rotatable bonds is 4. The molecule has 0 heterocycles. The topological polar surface area (TPSA) is 55.1 Å². The van der Waals surface area contributed by atoms with Crippen molar-refractivity contribution in [3.63, 3.8) is 0 Å². The molecule has 0 aromatic heterocycles. The van der Waals surface area contributed by atoms with E-state index in [9.17, 15) is 9.18 Å². The van der Waals surface area contributed by atoms with Crippen molar-refractivity contribution < 1.29 is 9.18 Å². The van der Waals surface area contributed by atoms with E-state index in [2.05, 4.69) is 5.32 Å². The van der Waals surface area contributed by atoms with Crippen LogP contribution in [0.4, 0.5) is 4.39 Å². The molecule has 1 aromatic rings. The third-order valence-corrected chi connectivity index (χ3v) is 2.18. The molecular weight excluding hydrogens is 231 g/mol. The number of benzene rings is 1. The molecule has 90 valence electrons. The van der Waals surface area contributed by atoms with Crippen molar-refractivity contribution in [3.8, 4) is 0 Å². The normalized spacial score (nSPS) is 11.4. The summed E-state index contributed by atoms with van der Waals surface area (Å²) >= 11 is 0. The highest BCUT2D eigenvalue weighted by atomic mass is 35.5. The summed E-state index contributed by atoms with van der Waals surface area (Å²) in [5.74, 6) is -0.548. The zero-order valence-electron chi connectivity index (χ0n) is 9.07. The van der Waals surface area contributed by atoms with E-state index in [1.165, 1.54) is 12.1 Å². The van der Waals surface area contributed by atoms with Gasteiger partial charge in [-0.1, -0.05) is 19.1 Å². The zero-order valence-corrected chi connectivity index (χ0v) is 9.89. The predicted molar refractivity (Wildman–Crippen MR) is 63.7 cm³/mol. The summed E-state index contributed by atoms with van der Waals surface area (Å²) in [7, 11) is 0. The Labute approximate surface area is 101 Å². The molecular formula is C11H16ClFN2O. The SMILES string of the molecule is CC(CN)C(=O)NCc1ccc(F)cc1.Cl. The van der Waals surface area contributed by atoms with Crippen LogP contribution in [0.5, 0.6) is 0 Å². The van der Waals surface area contributed by atoms with Gasteiger partial charge < -0.3 is 11.1 Å². The molecule has 1 atom stereocenters. The smallest absolute Gasteiger partial charge is 0.224 e. The molecule has 0 bridgehead atoms. The fourth-order valence-electron chi connectivity index (χ4n) is 1.07. The number of carbonyl (C=O) groups is 1. The predicted octanol–water partition coefficient (Wildman–Crippen LogP) is 1.46. The number of hydrogen-bond donors (Lipinski definition) is 2. The Bertz CT molecular complexity index is 329. The second-order valence-electron chi connectivity index (χ2n) is 3.48. The first-order valence-corrected chi connectivity index (χ1v) is 4.85. The highest BCUT2D eigenvalue weighted by molar-refractivity contribution is 5.85. The van der Waals surface area contributed by atoms with Crippen LogP contribution in [0.2, 0.25) is 0 Å². The van der Waals surface area contributed by atoms with Gasteiger partial charge in [0.1, 0.15) is 5.82 Å². The molecule has 0 radical (unpaired) electrons. The van der Waals surface area contributed by atoms with Crippen molar-refractivity contribution in [1.29, 1.82) is 0 Å². The lowest BCUT2D eigenvalue weighted by Gasteiger charge is -2.09. The van der Waals surface area contributed by atoms with Crippen molar-refractivity contribution in [2.24, 2.45) is 11.7 Å². The molecule has 0 aliphatic carbocycles. The van der Waals surface area contributed by atoms with Crippen LogP contribution in [0.15, 0.2) is 24.3 Å². The lowest BCUT2D eigenvalue weighted by Crippen LogP contribution is -2.32. The van der Waals surface area contributed by atoms with Crippen molar-refractivity contribution in [2.45, 2.75) is 13.5 Å². The molecule has 1 unspecified atom stereocenters. The van der Waals surface area contributed by atoms with Crippen molar-refractivity contribution in [1.82, 2.24) is 5.32 Å². The highest BCUT2D eigenvalue weighted by Crippen LogP contribution is 2.02. The molecule has 0 aliphatic heterocycles. The second-order valence-corrected chi connectivity index (χ2v) is 3.48.